The lowest BCUT2D eigenvalue weighted by Gasteiger charge is -2.34. The van der Waals surface area contributed by atoms with Crippen LogP contribution in [0.3, 0.4) is 0 Å². The van der Waals surface area contributed by atoms with E-state index in [0.29, 0.717) is 13.0 Å². The van der Waals surface area contributed by atoms with Gasteiger partial charge < -0.3 is 10.0 Å². The average molecular weight is 276 g/mol. The topological polar surface area (TPSA) is 120 Å². The number of nitrogens with zero attached hydrogens (tertiary/aromatic N) is 4. The van der Waals surface area contributed by atoms with Crippen LogP contribution in [0.5, 0.6) is 0 Å². The molecule has 104 valence electrons. The van der Waals surface area contributed by atoms with E-state index < -0.39 is 16.9 Å². The molecule has 1 aliphatic heterocycles. The van der Waals surface area contributed by atoms with E-state index in [4.69, 9.17) is 5.26 Å². The maximum absolute atomic E-state index is 11.3. The Labute approximate surface area is 114 Å². The zero-order valence-electron chi connectivity index (χ0n) is 10.5. The van der Waals surface area contributed by atoms with E-state index in [1.54, 1.807) is 0 Å². The lowest BCUT2D eigenvalue weighted by molar-refractivity contribution is -0.385. The Morgan fingerprint density at radius 3 is 2.95 bits per heavy atom. The molecule has 1 aromatic rings. The number of nitro groups is 1. The third kappa shape index (κ3) is 2.51. The van der Waals surface area contributed by atoms with E-state index >= 15 is 0 Å². The van der Waals surface area contributed by atoms with Crippen LogP contribution < -0.4 is 4.90 Å². The fourth-order valence-electron chi connectivity index (χ4n) is 2.30. The van der Waals surface area contributed by atoms with Crippen molar-refractivity contribution in [1.29, 1.82) is 5.26 Å². The number of pyridine rings is 1. The van der Waals surface area contributed by atoms with E-state index in [1.807, 2.05) is 6.07 Å². The van der Waals surface area contributed by atoms with Crippen LogP contribution in [0.15, 0.2) is 12.3 Å². The molecule has 1 saturated heterocycles. The van der Waals surface area contributed by atoms with Gasteiger partial charge in [0.1, 0.15) is 29.7 Å². The molecule has 1 N–H and O–H groups in total. The molecule has 0 radical (unpaired) electrons. The first-order valence-corrected chi connectivity index (χ1v) is 6.08. The predicted octanol–water partition coefficient (Wildman–Crippen LogP) is 1.30. The second kappa shape index (κ2) is 5.52. The minimum absolute atomic E-state index is 0.0207. The summed E-state index contributed by atoms with van der Waals surface area (Å²) in [6.45, 7) is 0.469. The highest BCUT2D eigenvalue weighted by Crippen LogP contribution is 2.28. The lowest BCUT2D eigenvalue weighted by atomic mass is 10.0. The number of anilines is 1. The van der Waals surface area contributed by atoms with Crippen LogP contribution in [-0.2, 0) is 4.79 Å². The Hall–Kier alpha value is -2.69. The van der Waals surface area contributed by atoms with Crippen molar-refractivity contribution < 1.29 is 14.8 Å². The number of rotatable bonds is 3. The van der Waals surface area contributed by atoms with Gasteiger partial charge in [0.25, 0.3) is 5.69 Å². The molecule has 2 heterocycles. The van der Waals surface area contributed by atoms with E-state index in [9.17, 15) is 20.0 Å². The Balaban J connectivity index is 2.43. The van der Waals surface area contributed by atoms with Gasteiger partial charge in [0.15, 0.2) is 0 Å². The molecule has 0 spiro atoms. The highest BCUT2D eigenvalue weighted by molar-refractivity contribution is 5.79. The predicted molar refractivity (Wildman–Crippen MR) is 68.2 cm³/mol. The minimum atomic E-state index is -0.978. The fourth-order valence-corrected chi connectivity index (χ4v) is 2.30. The Morgan fingerprint density at radius 1 is 1.60 bits per heavy atom. The van der Waals surface area contributed by atoms with Gasteiger partial charge in [0.05, 0.1) is 4.92 Å². The van der Waals surface area contributed by atoms with E-state index in [0.717, 1.165) is 25.1 Å². The molecule has 1 fully saturated rings. The monoisotopic (exact) mass is 276 g/mol. The van der Waals surface area contributed by atoms with Gasteiger partial charge >= 0.3 is 5.97 Å². The first kappa shape index (κ1) is 13.7. The van der Waals surface area contributed by atoms with Crippen LogP contribution in [0, 0.1) is 21.4 Å². The number of aliphatic carboxylic acids is 1. The summed E-state index contributed by atoms with van der Waals surface area (Å²) < 4.78 is 0. The van der Waals surface area contributed by atoms with Gasteiger partial charge in [-0.1, -0.05) is 0 Å². The molecule has 8 heteroatoms. The Kier molecular flexibility index (Phi) is 3.79. The molecule has 0 aliphatic carbocycles. The highest BCUT2D eigenvalue weighted by Gasteiger charge is 2.31. The van der Waals surface area contributed by atoms with Crippen molar-refractivity contribution in [3.05, 3.63) is 27.9 Å². The van der Waals surface area contributed by atoms with Crippen molar-refractivity contribution in [2.75, 3.05) is 11.4 Å². The van der Waals surface area contributed by atoms with Crippen molar-refractivity contribution in [3.63, 3.8) is 0 Å². The zero-order chi connectivity index (χ0) is 14.7. The van der Waals surface area contributed by atoms with Gasteiger partial charge in [-0.15, -0.1) is 0 Å². The molecule has 1 aliphatic rings. The summed E-state index contributed by atoms with van der Waals surface area (Å²) in [7, 11) is 0. The summed E-state index contributed by atoms with van der Waals surface area (Å²) in [4.78, 5) is 26.8. The summed E-state index contributed by atoms with van der Waals surface area (Å²) >= 11 is 0. The second-order valence-electron chi connectivity index (χ2n) is 4.48. The van der Waals surface area contributed by atoms with Gasteiger partial charge in [-0.3, -0.25) is 10.1 Å². The number of aromatic nitrogens is 1. The fraction of sp³-hybridized carbons (Fsp3) is 0.417. The van der Waals surface area contributed by atoms with Crippen molar-refractivity contribution in [2.45, 2.75) is 25.3 Å². The van der Waals surface area contributed by atoms with Gasteiger partial charge in [0, 0.05) is 12.6 Å². The van der Waals surface area contributed by atoms with Crippen LogP contribution >= 0.6 is 0 Å². The quantitative estimate of drug-likeness (QED) is 0.652. The first-order valence-electron chi connectivity index (χ1n) is 6.08. The van der Waals surface area contributed by atoms with Gasteiger partial charge in [0.2, 0.25) is 0 Å². The summed E-state index contributed by atoms with van der Waals surface area (Å²) in [5.74, 6) is -0.779. The van der Waals surface area contributed by atoms with E-state index in [1.165, 1.54) is 4.90 Å². The first-order chi connectivity index (χ1) is 9.54. The van der Waals surface area contributed by atoms with E-state index in [-0.39, 0.29) is 17.1 Å². The van der Waals surface area contributed by atoms with E-state index in [2.05, 4.69) is 4.98 Å². The van der Waals surface area contributed by atoms with Crippen molar-refractivity contribution in [1.82, 2.24) is 4.98 Å². The number of carboxylic acid groups (broad SMARTS) is 1. The number of hydrogen-bond acceptors (Lipinski definition) is 6. The molecule has 0 aromatic carbocycles. The molecule has 1 unspecified atom stereocenters. The Morgan fingerprint density at radius 2 is 2.35 bits per heavy atom. The number of hydrogen-bond donors (Lipinski definition) is 1. The summed E-state index contributed by atoms with van der Waals surface area (Å²) in [5.41, 5.74) is -0.262. The molecule has 8 nitrogen and oxygen atoms in total. The van der Waals surface area contributed by atoms with Gasteiger partial charge in [-0.2, -0.15) is 5.26 Å². The van der Waals surface area contributed by atoms with Crippen molar-refractivity contribution in [3.8, 4) is 6.07 Å². The SMILES string of the molecule is N#Cc1cc([N+](=O)[O-])cnc1N1CCCCC1C(=O)O. The van der Waals surface area contributed by atoms with Crippen molar-refractivity contribution in [2.24, 2.45) is 0 Å². The molecule has 20 heavy (non-hydrogen) atoms. The van der Waals surface area contributed by atoms with Crippen LogP contribution in [0.4, 0.5) is 11.5 Å². The zero-order valence-corrected chi connectivity index (χ0v) is 10.5. The number of nitriles is 1. The third-order valence-electron chi connectivity index (χ3n) is 3.24. The number of piperidine rings is 1. The average Bonchev–Trinajstić information content (AvgIpc) is 2.46. The van der Waals surface area contributed by atoms with Crippen LogP contribution in [0.2, 0.25) is 0 Å². The number of carbonyl (C=O) groups is 1. The normalized spacial score (nSPS) is 18.4. The summed E-state index contributed by atoms with van der Waals surface area (Å²) in [6, 6.07) is 2.22. The second-order valence-corrected chi connectivity index (χ2v) is 4.48. The highest BCUT2D eigenvalue weighted by atomic mass is 16.6. The van der Waals surface area contributed by atoms with Crippen molar-refractivity contribution >= 4 is 17.5 Å². The molecule has 1 aromatic heterocycles. The molecule has 1 atom stereocenters. The number of carboxylic acids is 1. The van der Waals surface area contributed by atoms with Crippen LogP contribution in [-0.4, -0.2) is 33.6 Å². The standard InChI is InChI=1S/C12H12N4O4/c13-6-8-5-9(16(19)20)7-14-11(8)15-4-2-1-3-10(15)12(17)18/h5,7,10H,1-4H2,(H,17,18). The molecule has 0 bridgehead atoms. The van der Waals surface area contributed by atoms with Crippen LogP contribution in [0.25, 0.3) is 0 Å². The maximum atomic E-state index is 11.3. The largest absolute Gasteiger partial charge is 0.480 e. The lowest BCUT2D eigenvalue weighted by Crippen LogP contribution is -2.45. The molecular formula is C12H12N4O4. The van der Waals surface area contributed by atoms with Crippen LogP contribution in [0.1, 0.15) is 24.8 Å². The van der Waals surface area contributed by atoms with Gasteiger partial charge in [-0.25, -0.2) is 9.78 Å². The summed E-state index contributed by atoms with van der Waals surface area (Å²) in [5, 5.41) is 29.0. The molecule has 2 rings (SSSR count). The minimum Gasteiger partial charge on any atom is -0.480 e. The Bertz CT molecular complexity index is 596. The summed E-state index contributed by atoms with van der Waals surface area (Å²) in [6.07, 6.45) is 3.11. The maximum Gasteiger partial charge on any atom is 0.326 e. The van der Waals surface area contributed by atoms with Gasteiger partial charge in [-0.05, 0) is 19.3 Å². The molecule has 0 saturated carbocycles. The third-order valence-corrected chi connectivity index (χ3v) is 3.24. The molecular weight excluding hydrogens is 264 g/mol. The smallest absolute Gasteiger partial charge is 0.326 e. The molecule has 0 amide bonds.